The number of hydrogen-bond donors (Lipinski definition) is 3. The Morgan fingerprint density at radius 3 is 2.32 bits per heavy atom. The zero-order valence-electron chi connectivity index (χ0n) is 12.5. The Morgan fingerprint density at radius 1 is 1.26 bits per heavy atom. The van der Waals surface area contributed by atoms with Gasteiger partial charge >= 0.3 is 0 Å². The molecule has 0 aromatic heterocycles. The number of nitrogens with two attached hydrogens (primary N) is 1. The molecule has 4 nitrogen and oxygen atoms in total. The van der Waals surface area contributed by atoms with Gasteiger partial charge in [-0.3, -0.25) is 4.79 Å². The van der Waals surface area contributed by atoms with Crippen molar-refractivity contribution >= 4 is 5.91 Å². The maximum Gasteiger partial charge on any atom is 0.227 e. The summed E-state index contributed by atoms with van der Waals surface area (Å²) in [4.78, 5) is 12.6. The van der Waals surface area contributed by atoms with E-state index in [4.69, 9.17) is 5.73 Å². The van der Waals surface area contributed by atoms with Crippen molar-refractivity contribution in [2.75, 3.05) is 6.54 Å². The lowest BCUT2D eigenvalue weighted by Gasteiger charge is -2.35. The van der Waals surface area contributed by atoms with Crippen LogP contribution in [0.1, 0.15) is 65.2 Å². The van der Waals surface area contributed by atoms with Gasteiger partial charge in [-0.15, -0.1) is 0 Å². The topological polar surface area (TPSA) is 75.4 Å². The van der Waals surface area contributed by atoms with Gasteiger partial charge in [0.25, 0.3) is 0 Å². The highest BCUT2D eigenvalue weighted by atomic mass is 16.3. The van der Waals surface area contributed by atoms with Crippen LogP contribution in [-0.2, 0) is 4.79 Å². The smallest absolute Gasteiger partial charge is 0.227 e. The first-order chi connectivity index (χ1) is 9.09. The van der Waals surface area contributed by atoms with Crippen LogP contribution < -0.4 is 11.1 Å². The number of carbonyl (C=O) groups excluding carboxylic acids is 1. The predicted molar refractivity (Wildman–Crippen MR) is 77.7 cm³/mol. The van der Waals surface area contributed by atoms with Gasteiger partial charge in [-0.25, -0.2) is 0 Å². The van der Waals surface area contributed by atoms with E-state index < -0.39 is 11.5 Å². The van der Waals surface area contributed by atoms with Crippen LogP contribution in [-0.4, -0.2) is 29.7 Å². The molecule has 4 N–H and O–H groups in total. The summed E-state index contributed by atoms with van der Waals surface area (Å²) >= 11 is 0. The fraction of sp³-hybridized carbons (Fsp3) is 0.933. The van der Waals surface area contributed by atoms with Crippen molar-refractivity contribution in [3.63, 3.8) is 0 Å². The van der Waals surface area contributed by atoms with Crippen molar-refractivity contribution < 1.29 is 9.90 Å². The van der Waals surface area contributed by atoms with Crippen LogP contribution in [0.15, 0.2) is 0 Å². The minimum absolute atomic E-state index is 0.0460. The second-order valence-electron chi connectivity index (χ2n) is 5.92. The molecule has 0 spiro atoms. The molecule has 2 unspecified atom stereocenters. The van der Waals surface area contributed by atoms with Crippen molar-refractivity contribution in [3.8, 4) is 0 Å². The molecule has 1 aliphatic rings. The van der Waals surface area contributed by atoms with Gasteiger partial charge in [-0.1, -0.05) is 39.5 Å². The molecule has 0 heterocycles. The third-order valence-electron chi connectivity index (χ3n) is 4.38. The second kappa shape index (κ2) is 7.85. The van der Waals surface area contributed by atoms with Crippen molar-refractivity contribution in [3.05, 3.63) is 0 Å². The minimum atomic E-state index is -0.444. The maximum atomic E-state index is 12.6. The molecule has 112 valence electrons. The lowest BCUT2D eigenvalue weighted by atomic mass is 9.77. The van der Waals surface area contributed by atoms with E-state index >= 15 is 0 Å². The molecular weight excluding hydrogens is 240 g/mol. The van der Waals surface area contributed by atoms with E-state index in [9.17, 15) is 9.90 Å². The summed E-state index contributed by atoms with van der Waals surface area (Å²) in [6.45, 7) is 4.56. The number of carbonyl (C=O) groups is 1. The molecular formula is C15H30N2O2. The summed E-state index contributed by atoms with van der Waals surface area (Å²) in [5.41, 5.74) is 5.45. The van der Waals surface area contributed by atoms with Gasteiger partial charge in [0, 0.05) is 6.54 Å². The van der Waals surface area contributed by atoms with E-state index in [1.807, 2.05) is 0 Å². The monoisotopic (exact) mass is 270 g/mol. The third kappa shape index (κ3) is 4.18. The van der Waals surface area contributed by atoms with Crippen LogP contribution in [0.4, 0.5) is 0 Å². The molecule has 1 saturated carbocycles. The molecule has 2 atom stereocenters. The van der Waals surface area contributed by atoms with Crippen LogP contribution in [0.3, 0.4) is 0 Å². The van der Waals surface area contributed by atoms with E-state index in [2.05, 4.69) is 19.2 Å². The summed E-state index contributed by atoms with van der Waals surface area (Å²) in [6.07, 6.45) is 6.98. The highest BCUT2D eigenvalue weighted by Gasteiger charge is 2.37. The lowest BCUT2D eigenvalue weighted by molar-refractivity contribution is -0.133. The SMILES string of the molecule is CCCC(CN)(CCC)C(=O)NC1CCCCC1O. The van der Waals surface area contributed by atoms with Crippen LogP contribution in [0.2, 0.25) is 0 Å². The van der Waals surface area contributed by atoms with Crippen LogP contribution in [0.25, 0.3) is 0 Å². The normalized spacial score (nSPS) is 24.2. The van der Waals surface area contributed by atoms with E-state index in [-0.39, 0.29) is 11.9 Å². The first-order valence-electron chi connectivity index (χ1n) is 7.78. The van der Waals surface area contributed by atoms with Crippen molar-refractivity contribution in [2.45, 2.75) is 77.4 Å². The van der Waals surface area contributed by atoms with Crippen LogP contribution in [0.5, 0.6) is 0 Å². The molecule has 0 aromatic carbocycles. The Bertz CT molecular complexity index is 275. The average Bonchev–Trinajstić information content (AvgIpc) is 2.41. The largest absolute Gasteiger partial charge is 0.391 e. The molecule has 1 aliphatic carbocycles. The molecule has 1 fully saturated rings. The lowest BCUT2D eigenvalue weighted by Crippen LogP contribution is -2.53. The Labute approximate surface area is 117 Å². The fourth-order valence-electron chi connectivity index (χ4n) is 3.21. The van der Waals surface area contributed by atoms with Gasteiger partial charge < -0.3 is 16.2 Å². The molecule has 0 bridgehead atoms. The van der Waals surface area contributed by atoms with Gasteiger partial charge in [0.05, 0.1) is 17.6 Å². The van der Waals surface area contributed by atoms with E-state index in [0.717, 1.165) is 51.4 Å². The number of nitrogens with one attached hydrogen (secondary N) is 1. The Balaban J connectivity index is 2.69. The third-order valence-corrected chi connectivity index (χ3v) is 4.38. The van der Waals surface area contributed by atoms with Crippen molar-refractivity contribution in [1.29, 1.82) is 0 Å². The molecule has 0 aliphatic heterocycles. The molecule has 1 rings (SSSR count). The predicted octanol–water partition coefficient (Wildman–Crippen LogP) is 1.95. The maximum absolute atomic E-state index is 12.6. The first-order valence-corrected chi connectivity index (χ1v) is 7.78. The zero-order valence-corrected chi connectivity index (χ0v) is 12.5. The molecule has 0 radical (unpaired) electrons. The highest BCUT2D eigenvalue weighted by Crippen LogP contribution is 2.30. The summed E-state index contributed by atoms with van der Waals surface area (Å²) in [6, 6.07) is -0.0825. The van der Waals surface area contributed by atoms with Crippen molar-refractivity contribution in [1.82, 2.24) is 5.32 Å². The number of aliphatic hydroxyl groups is 1. The highest BCUT2D eigenvalue weighted by molar-refractivity contribution is 5.83. The Hall–Kier alpha value is -0.610. The summed E-state index contributed by atoms with van der Waals surface area (Å²) < 4.78 is 0. The standard InChI is InChI=1S/C15H30N2O2/c1-3-9-15(11-16,10-4-2)14(19)17-12-7-5-6-8-13(12)18/h12-13,18H,3-11,16H2,1-2H3,(H,17,19). The zero-order chi connectivity index (χ0) is 14.3. The molecule has 4 heteroatoms. The van der Waals surface area contributed by atoms with E-state index in [0.29, 0.717) is 6.54 Å². The van der Waals surface area contributed by atoms with Crippen LogP contribution >= 0.6 is 0 Å². The Morgan fingerprint density at radius 2 is 1.84 bits per heavy atom. The van der Waals surface area contributed by atoms with Gasteiger partial charge in [0.2, 0.25) is 5.91 Å². The summed E-state index contributed by atoms with van der Waals surface area (Å²) in [5, 5.41) is 13.0. The number of aliphatic hydroxyl groups excluding tert-OH is 1. The second-order valence-corrected chi connectivity index (χ2v) is 5.92. The summed E-state index contributed by atoms with van der Waals surface area (Å²) in [7, 11) is 0. The van der Waals surface area contributed by atoms with Crippen molar-refractivity contribution in [2.24, 2.45) is 11.1 Å². The van der Waals surface area contributed by atoms with E-state index in [1.54, 1.807) is 0 Å². The minimum Gasteiger partial charge on any atom is -0.391 e. The van der Waals surface area contributed by atoms with Gasteiger partial charge in [0.15, 0.2) is 0 Å². The first kappa shape index (κ1) is 16.4. The number of rotatable bonds is 7. The van der Waals surface area contributed by atoms with Gasteiger partial charge in [-0.05, 0) is 25.7 Å². The quantitative estimate of drug-likeness (QED) is 0.662. The average molecular weight is 270 g/mol. The van der Waals surface area contributed by atoms with Crippen LogP contribution in [0, 0.1) is 5.41 Å². The summed E-state index contributed by atoms with van der Waals surface area (Å²) in [5.74, 6) is 0.0460. The molecule has 1 amide bonds. The van der Waals surface area contributed by atoms with Gasteiger partial charge in [-0.2, -0.15) is 0 Å². The molecule has 0 saturated heterocycles. The molecule has 0 aromatic rings. The van der Waals surface area contributed by atoms with Gasteiger partial charge in [0.1, 0.15) is 0 Å². The molecule has 19 heavy (non-hydrogen) atoms. The Kier molecular flexibility index (Phi) is 6.80. The number of hydrogen-bond acceptors (Lipinski definition) is 3. The fourth-order valence-corrected chi connectivity index (χ4v) is 3.21. The number of amides is 1. The van der Waals surface area contributed by atoms with E-state index in [1.165, 1.54) is 0 Å².